The van der Waals surface area contributed by atoms with Crippen molar-refractivity contribution >= 4 is 21.6 Å². The maximum absolute atomic E-state index is 5.32. The molecule has 3 heteroatoms. The Labute approximate surface area is 128 Å². The quantitative estimate of drug-likeness (QED) is 0.898. The lowest BCUT2D eigenvalue weighted by molar-refractivity contribution is 0.413. The van der Waals surface area contributed by atoms with Crippen molar-refractivity contribution in [3.05, 3.63) is 58.1 Å². The van der Waals surface area contributed by atoms with Crippen molar-refractivity contribution in [2.75, 3.05) is 12.4 Å². The van der Waals surface area contributed by atoms with Gasteiger partial charge in [0, 0.05) is 16.2 Å². The monoisotopic (exact) mass is 331 g/mol. The molecule has 1 N–H and O–H groups in total. The van der Waals surface area contributed by atoms with E-state index in [4.69, 9.17) is 4.74 Å². The summed E-state index contributed by atoms with van der Waals surface area (Å²) in [5, 5.41) is 3.63. The van der Waals surface area contributed by atoms with E-state index < -0.39 is 0 Å². The number of aryl methyl sites for hydroxylation is 1. The Bertz CT molecular complexity index is 612. The maximum atomic E-state index is 5.32. The van der Waals surface area contributed by atoms with E-state index in [1.807, 2.05) is 6.07 Å². The molecule has 2 aromatic rings. The zero-order chi connectivity index (χ0) is 13.9. The first-order chi connectivity index (χ1) is 9.74. The van der Waals surface area contributed by atoms with Crippen molar-refractivity contribution in [1.82, 2.24) is 0 Å². The van der Waals surface area contributed by atoms with Crippen molar-refractivity contribution in [3.63, 3.8) is 0 Å². The van der Waals surface area contributed by atoms with Crippen LogP contribution in [0.2, 0.25) is 0 Å². The number of nitrogens with one attached hydrogen (secondary N) is 1. The molecule has 0 bridgehead atoms. The zero-order valence-corrected chi connectivity index (χ0v) is 13.1. The first kappa shape index (κ1) is 13.5. The van der Waals surface area contributed by atoms with Crippen LogP contribution in [0.4, 0.5) is 5.69 Å². The number of anilines is 1. The number of methoxy groups -OCH3 is 1. The molecule has 0 saturated carbocycles. The molecule has 0 saturated heterocycles. The van der Waals surface area contributed by atoms with Crippen molar-refractivity contribution in [2.45, 2.75) is 25.3 Å². The van der Waals surface area contributed by atoms with Gasteiger partial charge in [0.15, 0.2) is 0 Å². The molecule has 1 aliphatic carbocycles. The van der Waals surface area contributed by atoms with Crippen LogP contribution in [0.5, 0.6) is 5.75 Å². The summed E-state index contributed by atoms with van der Waals surface area (Å²) in [5.41, 5.74) is 4.04. The second-order valence-electron chi connectivity index (χ2n) is 5.23. The van der Waals surface area contributed by atoms with Gasteiger partial charge in [-0.3, -0.25) is 0 Å². The summed E-state index contributed by atoms with van der Waals surface area (Å²) in [6, 6.07) is 15.3. The Morgan fingerprint density at radius 3 is 2.85 bits per heavy atom. The van der Waals surface area contributed by atoms with Gasteiger partial charge in [0.25, 0.3) is 0 Å². The number of halogens is 1. The molecular formula is C17H18BrNO. The highest BCUT2D eigenvalue weighted by atomic mass is 79.9. The molecule has 0 fully saturated rings. The molecule has 3 rings (SSSR count). The van der Waals surface area contributed by atoms with E-state index in [2.05, 4.69) is 57.6 Å². The Kier molecular flexibility index (Phi) is 3.97. The van der Waals surface area contributed by atoms with Crippen LogP contribution in [-0.2, 0) is 12.8 Å². The molecule has 0 aliphatic heterocycles. The van der Waals surface area contributed by atoms with Gasteiger partial charge in [0.05, 0.1) is 7.11 Å². The largest absolute Gasteiger partial charge is 0.497 e. The summed E-state index contributed by atoms with van der Waals surface area (Å²) < 4.78 is 6.43. The van der Waals surface area contributed by atoms with Gasteiger partial charge in [-0.1, -0.05) is 28.1 Å². The van der Waals surface area contributed by atoms with E-state index in [1.54, 1.807) is 7.11 Å². The van der Waals surface area contributed by atoms with E-state index in [1.165, 1.54) is 23.2 Å². The minimum atomic E-state index is 0.490. The number of benzene rings is 2. The molecule has 20 heavy (non-hydrogen) atoms. The fourth-order valence-corrected chi connectivity index (χ4v) is 3.20. The van der Waals surface area contributed by atoms with Crippen molar-refractivity contribution in [3.8, 4) is 5.75 Å². The summed E-state index contributed by atoms with van der Waals surface area (Å²) in [4.78, 5) is 0. The smallest absolute Gasteiger partial charge is 0.119 e. The van der Waals surface area contributed by atoms with Gasteiger partial charge >= 0.3 is 0 Å². The third kappa shape index (κ3) is 2.98. The van der Waals surface area contributed by atoms with E-state index >= 15 is 0 Å². The lowest BCUT2D eigenvalue weighted by atomic mass is 9.88. The van der Waals surface area contributed by atoms with Crippen LogP contribution in [0, 0.1) is 0 Å². The lowest BCUT2D eigenvalue weighted by Gasteiger charge is -2.26. The highest BCUT2D eigenvalue weighted by molar-refractivity contribution is 9.10. The molecule has 0 heterocycles. The molecule has 104 valence electrons. The molecule has 1 atom stereocenters. The molecule has 0 radical (unpaired) electrons. The first-order valence-corrected chi connectivity index (χ1v) is 7.72. The molecule has 0 amide bonds. The van der Waals surface area contributed by atoms with Gasteiger partial charge < -0.3 is 10.1 Å². The Morgan fingerprint density at radius 2 is 2.05 bits per heavy atom. The average molecular weight is 332 g/mol. The number of ether oxygens (including phenoxy) is 1. The van der Waals surface area contributed by atoms with E-state index in [-0.39, 0.29) is 0 Å². The Hall–Kier alpha value is -1.48. The van der Waals surface area contributed by atoms with E-state index in [0.29, 0.717) is 6.04 Å². The number of fused-ring (bicyclic) bond motifs is 1. The topological polar surface area (TPSA) is 21.3 Å². The van der Waals surface area contributed by atoms with Gasteiger partial charge in [-0.25, -0.2) is 0 Å². The van der Waals surface area contributed by atoms with Crippen LogP contribution >= 0.6 is 15.9 Å². The first-order valence-electron chi connectivity index (χ1n) is 6.92. The van der Waals surface area contributed by atoms with Gasteiger partial charge in [-0.15, -0.1) is 0 Å². The zero-order valence-electron chi connectivity index (χ0n) is 11.5. The van der Waals surface area contributed by atoms with Crippen LogP contribution in [0.15, 0.2) is 46.9 Å². The highest BCUT2D eigenvalue weighted by Gasteiger charge is 2.19. The normalized spacial score (nSPS) is 17.4. The molecule has 1 aliphatic rings. The van der Waals surface area contributed by atoms with Crippen LogP contribution in [0.3, 0.4) is 0 Å². The second kappa shape index (κ2) is 5.88. The number of rotatable bonds is 3. The Balaban J connectivity index is 1.74. The van der Waals surface area contributed by atoms with Crippen LogP contribution in [0.25, 0.3) is 0 Å². The molecule has 2 nitrogen and oxygen atoms in total. The third-order valence-electron chi connectivity index (χ3n) is 3.84. The van der Waals surface area contributed by atoms with Gasteiger partial charge in [0.1, 0.15) is 5.75 Å². The fourth-order valence-electron chi connectivity index (χ4n) is 2.80. The van der Waals surface area contributed by atoms with Crippen LogP contribution in [0.1, 0.15) is 17.5 Å². The minimum Gasteiger partial charge on any atom is -0.497 e. The summed E-state index contributed by atoms with van der Waals surface area (Å²) in [7, 11) is 1.72. The third-order valence-corrected chi connectivity index (χ3v) is 4.33. The molecular weight excluding hydrogens is 314 g/mol. The average Bonchev–Trinajstić information content (AvgIpc) is 2.46. The SMILES string of the molecule is COc1ccc2c(c1)CC(Nc1cccc(Br)c1)CC2. The molecule has 2 aromatic carbocycles. The van der Waals surface area contributed by atoms with E-state index in [0.717, 1.165) is 23.1 Å². The number of hydrogen-bond donors (Lipinski definition) is 1. The van der Waals surface area contributed by atoms with Gasteiger partial charge in [0.2, 0.25) is 0 Å². The molecule has 0 spiro atoms. The van der Waals surface area contributed by atoms with Crippen molar-refractivity contribution in [1.29, 1.82) is 0 Å². The summed E-state index contributed by atoms with van der Waals surface area (Å²) >= 11 is 3.52. The van der Waals surface area contributed by atoms with Crippen molar-refractivity contribution in [2.24, 2.45) is 0 Å². The second-order valence-corrected chi connectivity index (χ2v) is 6.14. The summed E-state index contributed by atoms with van der Waals surface area (Å²) in [5.74, 6) is 0.951. The predicted molar refractivity (Wildman–Crippen MR) is 86.6 cm³/mol. The summed E-state index contributed by atoms with van der Waals surface area (Å²) in [6.45, 7) is 0. The molecule has 1 unspecified atom stereocenters. The Morgan fingerprint density at radius 1 is 1.15 bits per heavy atom. The maximum Gasteiger partial charge on any atom is 0.119 e. The number of hydrogen-bond acceptors (Lipinski definition) is 2. The van der Waals surface area contributed by atoms with E-state index in [9.17, 15) is 0 Å². The fraction of sp³-hybridized carbons (Fsp3) is 0.294. The van der Waals surface area contributed by atoms with Crippen LogP contribution in [-0.4, -0.2) is 13.2 Å². The van der Waals surface area contributed by atoms with Gasteiger partial charge in [-0.05, 0) is 60.7 Å². The van der Waals surface area contributed by atoms with Crippen molar-refractivity contribution < 1.29 is 4.74 Å². The van der Waals surface area contributed by atoms with Gasteiger partial charge in [-0.2, -0.15) is 0 Å². The minimum absolute atomic E-state index is 0.490. The highest BCUT2D eigenvalue weighted by Crippen LogP contribution is 2.27. The molecule has 0 aromatic heterocycles. The lowest BCUT2D eigenvalue weighted by Crippen LogP contribution is -2.27. The van der Waals surface area contributed by atoms with Crippen LogP contribution < -0.4 is 10.1 Å². The summed E-state index contributed by atoms with van der Waals surface area (Å²) in [6.07, 6.45) is 3.36. The predicted octanol–water partition coefficient (Wildman–Crippen LogP) is 4.43. The standard InChI is InChI=1S/C17H18BrNO/c1-20-17-8-6-12-5-7-16(9-13(12)10-17)19-15-4-2-3-14(18)11-15/h2-4,6,8,10-11,16,19H,5,7,9H2,1H3.